The lowest BCUT2D eigenvalue weighted by atomic mass is 10.1. The fraction of sp³-hybridized carbons (Fsp3) is 0.769. The normalized spacial score (nSPS) is 12.6. The van der Waals surface area contributed by atoms with E-state index in [1.807, 2.05) is 25.7 Å². The quantitative estimate of drug-likeness (QED) is 0.390. The summed E-state index contributed by atoms with van der Waals surface area (Å²) >= 11 is 0. The second-order valence-corrected chi connectivity index (χ2v) is 7.70. The number of nitrogens with zero attached hydrogens (tertiary/aromatic N) is 1. The summed E-state index contributed by atoms with van der Waals surface area (Å²) in [6.07, 6.45) is 0.133. The molecule has 20 heavy (non-hydrogen) atoms. The topological polar surface area (TPSA) is 65.1 Å². The molecule has 0 unspecified atom stereocenters. The van der Waals surface area contributed by atoms with Crippen LogP contribution in [-0.2, 0) is 23.1 Å². The molecule has 7 heteroatoms. The molecule has 0 aromatic carbocycles. The van der Waals surface area contributed by atoms with Gasteiger partial charge in [0.05, 0.1) is 0 Å². The van der Waals surface area contributed by atoms with Gasteiger partial charge < -0.3 is 13.8 Å². The maximum Gasteiger partial charge on any atom is 0.344 e. The van der Waals surface area contributed by atoms with Crippen LogP contribution in [0, 0.1) is 0 Å². The largest absolute Gasteiger partial charge is 0.461 e. The number of hydrogen-bond donors (Lipinski definition) is 0. The van der Waals surface area contributed by atoms with E-state index in [4.69, 9.17) is 13.8 Å². The minimum absolute atomic E-state index is 0.133. The summed E-state index contributed by atoms with van der Waals surface area (Å²) < 4.78 is 27.2. The minimum atomic E-state index is -3.15. The van der Waals surface area contributed by atoms with Crippen molar-refractivity contribution in [3.63, 3.8) is 0 Å². The van der Waals surface area contributed by atoms with Crippen molar-refractivity contribution in [2.24, 2.45) is 0 Å². The van der Waals surface area contributed by atoms with Crippen LogP contribution in [0.4, 0.5) is 0 Å². The zero-order valence-electron chi connectivity index (χ0n) is 13.3. The zero-order chi connectivity index (χ0) is 16.0. The van der Waals surface area contributed by atoms with Gasteiger partial charge in [0.15, 0.2) is 0 Å². The Kier molecular flexibility index (Phi) is 7.66. The molecule has 6 nitrogen and oxygen atoms in total. The molecule has 0 saturated heterocycles. The number of esters is 1. The van der Waals surface area contributed by atoms with Gasteiger partial charge in [0.1, 0.15) is 12.9 Å². The van der Waals surface area contributed by atoms with Gasteiger partial charge in [-0.1, -0.05) is 6.58 Å². The molecule has 0 rings (SSSR count). The monoisotopic (exact) mass is 307 g/mol. The maximum atomic E-state index is 12.2. The summed E-state index contributed by atoms with van der Waals surface area (Å²) in [7, 11) is -0.442. The highest BCUT2D eigenvalue weighted by molar-refractivity contribution is 7.53. The van der Waals surface area contributed by atoms with Gasteiger partial charge in [0.25, 0.3) is 0 Å². The molecule has 0 aliphatic carbocycles. The molecule has 0 aliphatic heterocycles. The highest BCUT2D eigenvalue weighted by Gasteiger charge is 2.31. The lowest BCUT2D eigenvalue weighted by Crippen LogP contribution is -2.44. The molecule has 0 N–H and O–H groups in total. The van der Waals surface area contributed by atoms with Crippen molar-refractivity contribution < 1.29 is 23.1 Å². The second-order valence-electron chi connectivity index (χ2n) is 5.47. The molecule has 0 amide bonds. The van der Waals surface area contributed by atoms with E-state index in [0.717, 1.165) is 0 Å². The number of hydrogen-bond acceptors (Lipinski definition) is 6. The fourth-order valence-corrected chi connectivity index (χ4v) is 2.75. The SMILES string of the molecule is C=C(C)C(=O)OCCN(CP(=O)(OC)OC)C(C)(C)C. The standard InChI is InChI=1S/C13H26NO5P/c1-11(2)12(15)19-9-8-14(13(3,4)5)10-20(16,17-6)18-7/h1,8-10H2,2-7H3. The Labute approximate surface area is 121 Å². The lowest BCUT2D eigenvalue weighted by Gasteiger charge is -2.36. The van der Waals surface area contributed by atoms with Crippen LogP contribution in [-0.4, -0.2) is 50.1 Å². The first-order valence-electron chi connectivity index (χ1n) is 6.34. The lowest BCUT2D eigenvalue weighted by molar-refractivity contribution is -0.139. The average molecular weight is 307 g/mol. The number of carbonyl (C=O) groups is 1. The smallest absolute Gasteiger partial charge is 0.344 e. The molecular weight excluding hydrogens is 281 g/mol. The fourth-order valence-electron chi connectivity index (χ4n) is 1.39. The number of carbonyl (C=O) groups excluding carboxylic acids is 1. The van der Waals surface area contributed by atoms with E-state index in [-0.39, 0.29) is 18.4 Å². The molecule has 0 fully saturated rings. The molecular formula is C13H26NO5P. The van der Waals surface area contributed by atoms with Gasteiger partial charge in [0, 0.05) is 31.9 Å². The predicted octanol–water partition coefficient (Wildman–Crippen LogP) is 2.65. The van der Waals surface area contributed by atoms with Crippen LogP contribution in [0.2, 0.25) is 0 Å². The summed E-state index contributed by atoms with van der Waals surface area (Å²) in [5.41, 5.74) is 0.0919. The second kappa shape index (κ2) is 7.93. The van der Waals surface area contributed by atoms with Gasteiger partial charge in [0.2, 0.25) is 0 Å². The van der Waals surface area contributed by atoms with Crippen LogP contribution < -0.4 is 0 Å². The Morgan fingerprint density at radius 1 is 1.25 bits per heavy atom. The minimum Gasteiger partial charge on any atom is -0.461 e. The molecule has 0 radical (unpaired) electrons. The van der Waals surface area contributed by atoms with Crippen LogP contribution in [0.15, 0.2) is 12.2 Å². The summed E-state index contributed by atoms with van der Waals surface area (Å²) in [5, 5.41) is 0. The van der Waals surface area contributed by atoms with E-state index >= 15 is 0 Å². The molecule has 0 saturated carbocycles. The van der Waals surface area contributed by atoms with Crippen LogP contribution >= 0.6 is 7.60 Å². The summed E-state index contributed by atoms with van der Waals surface area (Å²) in [6, 6.07) is 0. The van der Waals surface area contributed by atoms with Crippen molar-refractivity contribution in [1.29, 1.82) is 0 Å². The molecule has 0 aliphatic rings. The molecule has 0 bridgehead atoms. The highest BCUT2D eigenvalue weighted by Crippen LogP contribution is 2.47. The third kappa shape index (κ3) is 6.66. The first kappa shape index (κ1) is 19.3. The Morgan fingerprint density at radius 3 is 2.10 bits per heavy atom. The van der Waals surface area contributed by atoms with Gasteiger partial charge in [-0.25, -0.2) is 4.79 Å². The number of rotatable bonds is 8. The zero-order valence-corrected chi connectivity index (χ0v) is 14.2. The molecule has 0 aromatic rings. The Morgan fingerprint density at radius 2 is 1.75 bits per heavy atom. The first-order valence-corrected chi connectivity index (χ1v) is 8.06. The summed E-state index contributed by atoms with van der Waals surface area (Å²) in [4.78, 5) is 13.2. The maximum absolute atomic E-state index is 12.2. The average Bonchev–Trinajstić information content (AvgIpc) is 2.35. The van der Waals surface area contributed by atoms with E-state index < -0.39 is 13.6 Å². The Hall–Kier alpha value is -0.680. The predicted molar refractivity (Wildman–Crippen MR) is 78.7 cm³/mol. The molecule has 0 atom stereocenters. The van der Waals surface area contributed by atoms with Crippen molar-refractivity contribution in [1.82, 2.24) is 4.90 Å². The van der Waals surface area contributed by atoms with Crippen LogP contribution in [0.5, 0.6) is 0 Å². The third-order valence-electron chi connectivity index (χ3n) is 2.79. The van der Waals surface area contributed by atoms with Crippen molar-refractivity contribution >= 4 is 13.6 Å². The van der Waals surface area contributed by atoms with Gasteiger partial charge >= 0.3 is 13.6 Å². The summed E-state index contributed by atoms with van der Waals surface area (Å²) in [5.74, 6) is -0.430. The highest BCUT2D eigenvalue weighted by atomic mass is 31.2. The van der Waals surface area contributed by atoms with Crippen LogP contribution in [0.1, 0.15) is 27.7 Å². The van der Waals surface area contributed by atoms with Crippen molar-refractivity contribution in [2.75, 3.05) is 33.7 Å². The van der Waals surface area contributed by atoms with Crippen molar-refractivity contribution in [3.05, 3.63) is 12.2 Å². The van der Waals surface area contributed by atoms with Crippen LogP contribution in [0.25, 0.3) is 0 Å². The van der Waals surface area contributed by atoms with Crippen molar-refractivity contribution in [2.45, 2.75) is 33.2 Å². The molecule has 118 valence electrons. The van der Waals surface area contributed by atoms with Gasteiger partial charge in [-0.3, -0.25) is 9.46 Å². The molecule has 0 heterocycles. The third-order valence-corrected chi connectivity index (χ3v) is 4.59. The Balaban J connectivity index is 4.65. The van der Waals surface area contributed by atoms with Crippen LogP contribution in [0.3, 0.4) is 0 Å². The number of ether oxygens (including phenoxy) is 1. The molecule has 0 aromatic heterocycles. The first-order chi connectivity index (χ1) is 9.05. The van der Waals surface area contributed by atoms with E-state index in [9.17, 15) is 9.36 Å². The van der Waals surface area contributed by atoms with E-state index in [1.165, 1.54) is 14.2 Å². The van der Waals surface area contributed by atoms with Gasteiger partial charge in [-0.05, 0) is 27.7 Å². The van der Waals surface area contributed by atoms with E-state index in [1.54, 1.807) is 6.92 Å². The Bertz CT molecular complexity index is 381. The van der Waals surface area contributed by atoms with Gasteiger partial charge in [-0.2, -0.15) is 0 Å². The molecule has 0 spiro atoms. The summed E-state index contributed by atoms with van der Waals surface area (Å²) in [6.45, 7) is 11.7. The van der Waals surface area contributed by atoms with Crippen molar-refractivity contribution in [3.8, 4) is 0 Å². The van der Waals surface area contributed by atoms with E-state index in [2.05, 4.69) is 6.58 Å². The van der Waals surface area contributed by atoms with Gasteiger partial charge in [-0.15, -0.1) is 0 Å². The van der Waals surface area contributed by atoms with E-state index in [0.29, 0.717) is 12.1 Å².